The molecule has 140 valence electrons. The van der Waals surface area contributed by atoms with Gasteiger partial charge in [0.15, 0.2) is 0 Å². The molecule has 3 aromatic rings. The van der Waals surface area contributed by atoms with Crippen LogP contribution in [0, 0.1) is 6.92 Å². The predicted octanol–water partition coefficient (Wildman–Crippen LogP) is 5.34. The summed E-state index contributed by atoms with van der Waals surface area (Å²) < 4.78 is 38.4. The van der Waals surface area contributed by atoms with Crippen molar-refractivity contribution in [2.75, 3.05) is 11.1 Å². The molecular formula is C18H13ClF3N3OS. The lowest BCUT2D eigenvalue weighted by Crippen LogP contribution is -2.15. The topological polar surface area (TPSA) is 54.9 Å². The van der Waals surface area contributed by atoms with E-state index in [-0.39, 0.29) is 16.5 Å². The van der Waals surface area contributed by atoms with Gasteiger partial charge in [-0.2, -0.15) is 13.2 Å². The molecule has 9 heteroatoms. The quantitative estimate of drug-likeness (QED) is 0.589. The summed E-state index contributed by atoms with van der Waals surface area (Å²) in [4.78, 5) is 21.0. The Morgan fingerprint density at radius 2 is 1.81 bits per heavy atom. The van der Waals surface area contributed by atoms with Gasteiger partial charge in [-0.1, -0.05) is 35.5 Å². The summed E-state index contributed by atoms with van der Waals surface area (Å²) >= 11 is 7.04. The Morgan fingerprint density at radius 1 is 1.15 bits per heavy atom. The van der Waals surface area contributed by atoms with Crippen LogP contribution in [0.3, 0.4) is 0 Å². The number of anilines is 1. The second kappa shape index (κ2) is 7.74. The number of nitrogens with one attached hydrogen (secondary N) is 1. The zero-order valence-electron chi connectivity index (χ0n) is 14.0. The van der Waals surface area contributed by atoms with E-state index in [9.17, 15) is 18.0 Å². The maximum absolute atomic E-state index is 12.8. The van der Waals surface area contributed by atoms with Crippen molar-refractivity contribution in [3.63, 3.8) is 0 Å². The number of para-hydroxylation sites is 2. The maximum atomic E-state index is 12.8. The second-order valence-corrected chi connectivity index (χ2v) is 7.00. The SMILES string of the molecule is Cc1nc2ccccc2nc1SCC(=O)Nc1cc(C(F)(F)F)ccc1Cl. The van der Waals surface area contributed by atoms with Crippen LogP contribution in [0.25, 0.3) is 11.0 Å². The average molecular weight is 412 g/mol. The molecule has 1 N–H and O–H groups in total. The fourth-order valence-electron chi connectivity index (χ4n) is 2.33. The summed E-state index contributed by atoms with van der Waals surface area (Å²) in [7, 11) is 0. The first-order chi connectivity index (χ1) is 12.7. The van der Waals surface area contributed by atoms with Gasteiger partial charge in [0.25, 0.3) is 0 Å². The van der Waals surface area contributed by atoms with Crippen molar-refractivity contribution in [2.45, 2.75) is 18.1 Å². The molecule has 0 aliphatic carbocycles. The fraction of sp³-hybridized carbons (Fsp3) is 0.167. The monoisotopic (exact) mass is 411 g/mol. The Morgan fingerprint density at radius 3 is 2.48 bits per heavy atom. The largest absolute Gasteiger partial charge is 0.416 e. The number of nitrogens with zero attached hydrogens (tertiary/aromatic N) is 2. The standard InChI is InChI=1S/C18H13ClF3N3OS/c1-10-17(25-14-5-3-2-4-13(14)23-10)27-9-16(26)24-15-8-11(18(20,21)22)6-7-12(15)19/h2-8H,9H2,1H3,(H,24,26). The van der Waals surface area contributed by atoms with Crippen LogP contribution in [0.2, 0.25) is 5.02 Å². The number of thioether (sulfide) groups is 1. The first-order valence-electron chi connectivity index (χ1n) is 7.77. The lowest BCUT2D eigenvalue weighted by atomic mass is 10.2. The van der Waals surface area contributed by atoms with Gasteiger partial charge in [0, 0.05) is 0 Å². The normalized spacial score (nSPS) is 11.6. The third-order valence-electron chi connectivity index (χ3n) is 3.61. The summed E-state index contributed by atoms with van der Waals surface area (Å²) in [6.07, 6.45) is -4.52. The van der Waals surface area contributed by atoms with E-state index >= 15 is 0 Å². The van der Waals surface area contributed by atoms with Gasteiger partial charge in [0.2, 0.25) is 5.91 Å². The molecule has 0 atom stereocenters. The molecule has 0 aliphatic heterocycles. The van der Waals surface area contributed by atoms with Gasteiger partial charge in [-0.25, -0.2) is 9.97 Å². The average Bonchev–Trinajstić information content (AvgIpc) is 2.61. The lowest BCUT2D eigenvalue weighted by Gasteiger charge is -2.12. The number of hydrogen-bond donors (Lipinski definition) is 1. The zero-order chi connectivity index (χ0) is 19.6. The van der Waals surface area contributed by atoms with Gasteiger partial charge in [-0.15, -0.1) is 0 Å². The molecule has 1 amide bonds. The molecule has 0 saturated carbocycles. The van der Waals surface area contributed by atoms with Gasteiger partial charge in [-0.3, -0.25) is 4.79 Å². The molecule has 0 radical (unpaired) electrons. The molecule has 0 spiro atoms. The van der Waals surface area contributed by atoms with E-state index in [0.29, 0.717) is 16.2 Å². The number of rotatable bonds is 4. The number of alkyl halides is 3. The first kappa shape index (κ1) is 19.4. The van der Waals surface area contributed by atoms with Gasteiger partial charge in [-0.05, 0) is 37.3 Å². The second-order valence-electron chi connectivity index (χ2n) is 5.63. The van der Waals surface area contributed by atoms with Crippen LogP contribution in [0.1, 0.15) is 11.3 Å². The number of carbonyl (C=O) groups excluding carboxylic acids is 1. The number of benzene rings is 2. The first-order valence-corrected chi connectivity index (χ1v) is 9.13. The molecule has 0 aliphatic rings. The number of aryl methyl sites for hydroxylation is 1. The van der Waals surface area contributed by atoms with Gasteiger partial charge in [0.1, 0.15) is 5.03 Å². The summed E-state index contributed by atoms with van der Waals surface area (Å²) in [6, 6.07) is 10.1. The molecule has 0 unspecified atom stereocenters. The van der Waals surface area contributed by atoms with Crippen molar-refractivity contribution >= 4 is 46.0 Å². The van der Waals surface area contributed by atoms with Crippen molar-refractivity contribution < 1.29 is 18.0 Å². The fourth-order valence-corrected chi connectivity index (χ4v) is 3.25. The molecule has 0 saturated heterocycles. The molecular weight excluding hydrogens is 399 g/mol. The summed E-state index contributed by atoms with van der Waals surface area (Å²) in [5.74, 6) is -0.531. The van der Waals surface area contributed by atoms with Crippen LogP contribution in [0.15, 0.2) is 47.5 Å². The zero-order valence-corrected chi connectivity index (χ0v) is 15.5. The van der Waals surface area contributed by atoms with E-state index in [4.69, 9.17) is 11.6 Å². The van der Waals surface area contributed by atoms with E-state index < -0.39 is 17.6 Å². The van der Waals surface area contributed by atoms with Crippen molar-refractivity contribution in [2.24, 2.45) is 0 Å². The van der Waals surface area contributed by atoms with Crippen molar-refractivity contribution in [1.29, 1.82) is 0 Å². The molecule has 3 rings (SSSR count). The van der Waals surface area contributed by atoms with Crippen molar-refractivity contribution in [3.8, 4) is 0 Å². The van der Waals surface area contributed by atoms with Gasteiger partial charge < -0.3 is 5.32 Å². The molecule has 1 heterocycles. The molecule has 0 fully saturated rings. The van der Waals surface area contributed by atoms with Crippen molar-refractivity contribution in [1.82, 2.24) is 9.97 Å². The highest BCUT2D eigenvalue weighted by Crippen LogP contribution is 2.34. The number of fused-ring (bicyclic) bond motifs is 1. The summed E-state index contributed by atoms with van der Waals surface area (Å²) in [5, 5.41) is 3.02. The third kappa shape index (κ3) is 4.70. The van der Waals surface area contributed by atoms with E-state index in [1.165, 1.54) is 0 Å². The molecule has 27 heavy (non-hydrogen) atoms. The minimum Gasteiger partial charge on any atom is -0.324 e. The Labute approximate surface area is 162 Å². The highest BCUT2D eigenvalue weighted by atomic mass is 35.5. The van der Waals surface area contributed by atoms with Crippen molar-refractivity contribution in [3.05, 3.63) is 58.7 Å². The van der Waals surface area contributed by atoms with E-state index in [2.05, 4.69) is 15.3 Å². The van der Waals surface area contributed by atoms with Crippen LogP contribution in [-0.4, -0.2) is 21.6 Å². The minimum atomic E-state index is -4.52. The summed E-state index contributed by atoms with van der Waals surface area (Å²) in [6.45, 7) is 1.78. The van der Waals surface area contributed by atoms with Crippen LogP contribution in [0.5, 0.6) is 0 Å². The maximum Gasteiger partial charge on any atom is 0.416 e. The number of carbonyl (C=O) groups is 1. The van der Waals surface area contributed by atoms with E-state index in [1.807, 2.05) is 24.3 Å². The highest BCUT2D eigenvalue weighted by molar-refractivity contribution is 8.00. The molecule has 0 bridgehead atoms. The smallest absolute Gasteiger partial charge is 0.324 e. The molecule has 1 aromatic heterocycles. The molecule has 4 nitrogen and oxygen atoms in total. The lowest BCUT2D eigenvalue weighted by molar-refractivity contribution is -0.137. The number of amides is 1. The van der Waals surface area contributed by atoms with Gasteiger partial charge >= 0.3 is 6.18 Å². The predicted molar refractivity (Wildman–Crippen MR) is 100 cm³/mol. The van der Waals surface area contributed by atoms with Crippen LogP contribution in [0.4, 0.5) is 18.9 Å². The van der Waals surface area contributed by atoms with Crippen LogP contribution >= 0.6 is 23.4 Å². The minimum absolute atomic E-state index is 0.0306. The van der Waals surface area contributed by atoms with E-state index in [1.54, 1.807) is 6.92 Å². The Balaban J connectivity index is 1.71. The van der Waals surface area contributed by atoms with Gasteiger partial charge in [0.05, 0.1) is 38.8 Å². The number of hydrogen-bond acceptors (Lipinski definition) is 4. The van der Waals surface area contributed by atoms with E-state index in [0.717, 1.165) is 35.5 Å². The summed E-state index contributed by atoms with van der Waals surface area (Å²) in [5.41, 5.74) is 1.15. The molecule has 2 aromatic carbocycles. The number of halogens is 4. The van der Waals surface area contributed by atoms with Crippen LogP contribution < -0.4 is 5.32 Å². The Kier molecular flexibility index (Phi) is 5.57. The number of aromatic nitrogens is 2. The van der Waals surface area contributed by atoms with Crippen LogP contribution in [-0.2, 0) is 11.0 Å². The Bertz CT molecular complexity index is 1010. The Hall–Kier alpha value is -2.32. The highest BCUT2D eigenvalue weighted by Gasteiger charge is 2.31. The third-order valence-corrected chi connectivity index (χ3v) is 5.01.